The maximum atomic E-state index is 12.5. The number of aromatic nitrogens is 2. The summed E-state index contributed by atoms with van der Waals surface area (Å²) in [6.07, 6.45) is 0. The minimum absolute atomic E-state index is 0.0758. The van der Waals surface area contributed by atoms with Crippen LogP contribution in [0.3, 0.4) is 0 Å². The predicted molar refractivity (Wildman–Crippen MR) is 74.0 cm³/mol. The molecule has 1 unspecified atom stereocenters. The molecule has 10 nitrogen and oxygen atoms in total. The van der Waals surface area contributed by atoms with Gasteiger partial charge in [-0.25, -0.2) is 8.42 Å². The number of nitrogens with two attached hydrogens (primary N) is 1. The fraction of sp³-hybridized carbons (Fsp3) is 0.556. The second kappa shape index (κ2) is 6.01. The van der Waals surface area contributed by atoms with Crippen LogP contribution in [0, 0.1) is 0 Å². The number of sulfonamides is 1. The summed E-state index contributed by atoms with van der Waals surface area (Å²) in [5, 5.41) is 12.5. The molecule has 1 aliphatic heterocycles. The Kier molecular flexibility index (Phi) is 4.51. The molecule has 2 heterocycles. The molecule has 1 fully saturated rings. The second-order valence-corrected chi connectivity index (χ2v) is 7.33. The molecule has 0 spiro atoms. The number of nitrogens with zero attached hydrogens (tertiary/aromatic N) is 3. The largest absolute Gasteiger partial charge is 0.368 e. The van der Waals surface area contributed by atoms with Crippen LogP contribution < -0.4 is 16.4 Å². The number of primary amides is 1. The van der Waals surface area contributed by atoms with Crippen LogP contribution in [-0.2, 0) is 19.6 Å². The van der Waals surface area contributed by atoms with Gasteiger partial charge in [0.2, 0.25) is 21.3 Å². The zero-order valence-electron chi connectivity index (χ0n) is 11.1. The van der Waals surface area contributed by atoms with E-state index in [9.17, 15) is 18.0 Å². The van der Waals surface area contributed by atoms with E-state index in [1.54, 1.807) is 0 Å². The van der Waals surface area contributed by atoms with Gasteiger partial charge in [0, 0.05) is 26.6 Å². The number of piperazine rings is 1. The van der Waals surface area contributed by atoms with Crippen molar-refractivity contribution in [3.05, 3.63) is 0 Å². The highest BCUT2D eigenvalue weighted by molar-refractivity contribution is 7.91. The molecular weight excluding hydrogens is 320 g/mol. The number of nitrogens with one attached hydrogen (secondary N) is 2. The van der Waals surface area contributed by atoms with Gasteiger partial charge in [-0.2, -0.15) is 4.31 Å². The quantitative estimate of drug-likeness (QED) is 0.536. The summed E-state index contributed by atoms with van der Waals surface area (Å²) in [6, 6.07) is -0.975. The summed E-state index contributed by atoms with van der Waals surface area (Å²) < 4.78 is 25.7. The molecule has 1 aromatic heterocycles. The highest BCUT2D eigenvalue weighted by atomic mass is 32.2. The Morgan fingerprint density at radius 2 is 2.19 bits per heavy atom. The monoisotopic (exact) mass is 334 g/mol. The molecule has 0 radical (unpaired) electrons. The molecule has 0 aliphatic carbocycles. The third-order valence-corrected chi connectivity index (χ3v) is 5.83. The minimum atomic E-state index is -3.99. The van der Waals surface area contributed by atoms with E-state index in [2.05, 4.69) is 20.8 Å². The van der Waals surface area contributed by atoms with Gasteiger partial charge in [0.1, 0.15) is 6.04 Å². The van der Waals surface area contributed by atoms with Gasteiger partial charge in [-0.05, 0) is 0 Å². The predicted octanol–water partition coefficient (Wildman–Crippen LogP) is -2.06. The molecule has 0 bridgehead atoms. The van der Waals surface area contributed by atoms with Gasteiger partial charge in [-0.3, -0.25) is 9.59 Å². The first-order valence-electron chi connectivity index (χ1n) is 5.95. The number of rotatable bonds is 4. The Morgan fingerprint density at radius 3 is 2.81 bits per heavy atom. The summed E-state index contributed by atoms with van der Waals surface area (Å²) in [7, 11) is -3.99. The lowest BCUT2D eigenvalue weighted by atomic mass is 10.2. The van der Waals surface area contributed by atoms with E-state index < -0.39 is 22.0 Å². The van der Waals surface area contributed by atoms with Crippen molar-refractivity contribution in [1.82, 2.24) is 19.8 Å². The molecule has 2 amide bonds. The van der Waals surface area contributed by atoms with Crippen molar-refractivity contribution >= 4 is 38.3 Å². The van der Waals surface area contributed by atoms with Crippen molar-refractivity contribution in [3.8, 4) is 0 Å². The number of hydrogen-bond acceptors (Lipinski definition) is 8. The van der Waals surface area contributed by atoms with E-state index in [4.69, 9.17) is 5.73 Å². The molecule has 0 aromatic carbocycles. The number of amides is 2. The summed E-state index contributed by atoms with van der Waals surface area (Å²) in [5.74, 6) is -1.12. The molecular formula is C9H14N6O4S2. The van der Waals surface area contributed by atoms with Crippen LogP contribution in [-0.4, -0.2) is 60.4 Å². The van der Waals surface area contributed by atoms with Gasteiger partial charge < -0.3 is 16.4 Å². The Morgan fingerprint density at radius 1 is 1.48 bits per heavy atom. The summed E-state index contributed by atoms with van der Waals surface area (Å²) in [5.41, 5.74) is 5.23. The van der Waals surface area contributed by atoms with Gasteiger partial charge in [0.15, 0.2) is 0 Å². The smallest absolute Gasteiger partial charge is 0.273 e. The van der Waals surface area contributed by atoms with Gasteiger partial charge in [-0.1, -0.05) is 11.3 Å². The minimum Gasteiger partial charge on any atom is -0.368 e. The highest BCUT2D eigenvalue weighted by Crippen LogP contribution is 2.25. The van der Waals surface area contributed by atoms with Crippen molar-refractivity contribution in [3.63, 3.8) is 0 Å². The van der Waals surface area contributed by atoms with E-state index >= 15 is 0 Å². The lowest BCUT2D eigenvalue weighted by molar-refractivity contribution is -0.122. The van der Waals surface area contributed by atoms with Gasteiger partial charge in [0.25, 0.3) is 10.0 Å². The summed E-state index contributed by atoms with van der Waals surface area (Å²) >= 11 is 0.719. The number of anilines is 1. The molecule has 0 saturated carbocycles. The average molecular weight is 334 g/mol. The number of hydrogen-bond donors (Lipinski definition) is 3. The lowest BCUT2D eigenvalue weighted by Crippen LogP contribution is -2.58. The van der Waals surface area contributed by atoms with Crippen LogP contribution >= 0.6 is 11.3 Å². The van der Waals surface area contributed by atoms with E-state index in [1.807, 2.05) is 0 Å². The molecule has 116 valence electrons. The third-order valence-electron chi connectivity index (χ3n) is 2.74. The summed E-state index contributed by atoms with van der Waals surface area (Å²) in [4.78, 5) is 22.3. The SMILES string of the molecule is CC(=O)Nc1nnc(S(=O)(=O)N2CCNCC2C(N)=O)s1. The van der Waals surface area contributed by atoms with Gasteiger partial charge in [0.05, 0.1) is 0 Å². The topological polar surface area (TPSA) is 147 Å². The van der Waals surface area contributed by atoms with Crippen LogP contribution in [0.4, 0.5) is 5.13 Å². The van der Waals surface area contributed by atoms with Crippen molar-refractivity contribution < 1.29 is 18.0 Å². The Labute approximate surface area is 124 Å². The molecule has 12 heteroatoms. The second-order valence-electron chi connectivity index (χ2n) is 4.29. The molecule has 1 saturated heterocycles. The van der Waals surface area contributed by atoms with Crippen LogP contribution in [0.1, 0.15) is 6.92 Å². The lowest BCUT2D eigenvalue weighted by Gasteiger charge is -2.32. The maximum absolute atomic E-state index is 12.5. The summed E-state index contributed by atoms with van der Waals surface area (Å²) in [6.45, 7) is 1.92. The molecule has 1 aliphatic rings. The molecule has 4 N–H and O–H groups in total. The van der Waals surface area contributed by atoms with Crippen molar-refractivity contribution in [2.24, 2.45) is 5.73 Å². The zero-order chi connectivity index (χ0) is 15.6. The number of carbonyl (C=O) groups is 2. The first-order valence-corrected chi connectivity index (χ1v) is 8.21. The Bertz CT molecular complexity index is 657. The van der Waals surface area contributed by atoms with Crippen LogP contribution in [0.25, 0.3) is 0 Å². The fourth-order valence-corrected chi connectivity index (χ4v) is 4.49. The van der Waals surface area contributed by atoms with Crippen molar-refractivity contribution in [1.29, 1.82) is 0 Å². The van der Waals surface area contributed by atoms with Crippen LogP contribution in [0.5, 0.6) is 0 Å². The Hall–Kier alpha value is -1.63. The van der Waals surface area contributed by atoms with Gasteiger partial charge >= 0.3 is 0 Å². The molecule has 1 atom stereocenters. The average Bonchev–Trinajstić information content (AvgIpc) is 2.87. The van der Waals surface area contributed by atoms with Crippen LogP contribution in [0.2, 0.25) is 0 Å². The maximum Gasteiger partial charge on any atom is 0.273 e. The first kappa shape index (κ1) is 15.8. The van der Waals surface area contributed by atoms with Crippen molar-refractivity contribution in [2.75, 3.05) is 25.0 Å². The van der Waals surface area contributed by atoms with Crippen molar-refractivity contribution in [2.45, 2.75) is 17.3 Å². The molecule has 21 heavy (non-hydrogen) atoms. The normalized spacial score (nSPS) is 20.1. The first-order chi connectivity index (χ1) is 9.82. The Balaban J connectivity index is 2.29. The van der Waals surface area contributed by atoms with E-state index in [1.165, 1.54) is 6.92 Å². The highest BCUT2D eigenvalue weighted by Gasteiger charge is 2.38. The van der Waals surface area contributed by atoms with Gasteiger partial charge in [-0.15, -0.1) is 10.2 Å². The molecule has 1 aromatic rings. The number of carbonyl (C=O) groups excluding carboxylic acids is 2. The van der Waals surface area contributed by atoms with E-state index in [-0.39, 0.29) is 28.5 Å². The fourth-order valence-electron chi connectivity index (χ4n) is 1.83. The van der Waals surface area contributed by atoms with E-state index in [0.29, 0.717) is 6.54 Å². The standard InChI is InChI=1S/C9H14N6O4S2/c1-5(16)12-8-13-14-9(20-8)21(18,19)15-3-2-11-4-6(15)7(10)17/h6,11H,2-4H2,1H3,(H2,10,17)(H,12,13,16). The van der Waals surface area contributed by atoms with Crippen LogP contribution in [0.15, 0.2) is 4.34 Å². The van der Waals surface area contributed by atoms with E-state index in [0.717, 1.165) is 15.6 Å². The molecule has 2 rings (SSSR count). The third kappa shape index (κ3) is 3.34. The zero-order valence-corrected chi connectivity index (χ0v) is 12.7.